The molecule has 1 atom stereocenters. The molecule has 9 nitrogen and oxygen atoms in total. The molecule has 0 bridgehead atoms. The molecule has 0 saturated heterocycles. The highest BCUT2D eigenvalue weighted by atomic mass is 16.4. The molecule has 0 heterocycles. The zero-order valence-electron chi connectivity index (χ0n) is 10.3. The van der Waals surface area contributed by atoms with E-state index in [1.54, 1.807) is 14.1 Å². The van der Waals surface area contributed by atoms with Crippen LogP contribution in [0.3, 0.4) is 0 Å². The molecule has 9 heteroatoms. The summed E-state index contributed by atoms with van der Waals surface area (Å²) in [5.41, 5.74) is 0. The van der Waals surface area contributed by atoms with Crippen LogP contribution in [0.1, 0.15) is 0 Å². The largest absolute Gasteiger partial charge is 0.480 e. The van der Waals surface area contributed by atoms with E-state index >= 15 is 0 Å². The zero-order valence-corrected chi connectivity index (χ0v) is 10.3. The summed E-state index contributed by atoms with van der Waals surface area (Å²) in [5.74, 6) is -1.33. The van der Waals surface area contributed by atoms with Crippen LogP contribution in [0.5, 0.6) is 0 Å². The van der Waals surface area contributed by atoms with Crippen molar-refractivity contribution in [2.45, 2.75) is 6.04 Å². The van der Waals surface area contributed by atoms with Crippen molar-refractivity contribution in [2.75, 3.05) is 33.8 Å². The lowest BCUT2D eigenvalue weighted by Gasteiger charge is -2.14. The maximum absolute atomic E-state index is 11.2. The Bertz CT molecular complexity index is 307. The van der Waals surface area contributed by atoms with Crippen LogP contribution in [0.25, 0.3) is 0 Å². The maximum Gasteiger partial charge on any atom is 0.328 e. The SMILES string of the molecule is CN(C)C(=O)NCCNC(=O)N[C@@H](CO)C(=O)O. The number of amides is 4. The molecule has 0 saturated carbocycles. The Morgan fingerprint density at radius 3 is 2.17 bits per heavy atom. The number of hydrogen-bond donors (Lipinski definition) is 5. The van der Waals surface area contributed by atoms with E-state index in [9.17, 15) is 14.4 Å². The fourth-order valence-corrected chi connectivity index (χ4v) is 0.898. The highest BCUT2D eigenvalue weighted by Gasteiger charge is 2.18. The number of nitrogens with one attached hydrogen (secondary N) is 3. The van der Waals surface area contributed by atoms with Crippen molar-refractivity contribution >= 4 is 18.0 Å². The number of aliphatic carboxylic acids is 1. The fraction of sp³-hybridized carbons (Fsp3) is 0.667. The van der Waals surface area contributed by atoms with Crippen molar-refractivity contribution in [1.82, 2.24) is 20.9 Å². The standard InChI is InChI=1S/C9H18N4O5/c1-13(2)9(18)11-4-3-10-8(17)12-6(5-14)7(15)16/h6,14H,3-5H2,1-2H3,(H,11,18)(H,15,16)(H2,10,12,17)/t6-/m0/s1. The molecule has 0 unspecified atom stereocenters. The van der Waals surface area contributed by atoms with Gasteiger partial charge in [0, 0.05) is 27.2 Å². The highest BCUT2D eigenvalue weighted by molar-refractivity contribution is 5.82. The lowest BCUT2D eigenvalue weighted by atomic mass is 10.3. The van der Waals surface area contributed by atoms with Gasteiger partial charge in [0.1, 0.15) is 0 Å². The van der Waals surface area contributed by atoms with Crippen molar-refractivity contribution in [3.05, 3.63) is 0 Å². The predicted octanol–water partition coefficient (Wildman–Crippen LogP) is -2.00. The lowest BCUT2D eigenvalue weighted by molar-refractivity contribution is -0.140. The molecule has 0 spiro atoms. The number of carbonyl (C=O) groups is 3. The van der Waals surface area contributed by atoms with Crippen molar-refractivity contribution < 1.29 is 24.6 Å². The van der Waals surface area contributed by atoms with Crippen molar-refractivity contribution in [3.63, 3.8) is 0 Å². The van der Waals surface area contributed by atoms with Crippen LogP contribution in [0.4, 0.5) is 9.59 Å². The van der Waals surface area contributed by atoms with Crippen LogP contribution in [0.15, 0.2) is 0 Å². The van der Waals surface area contributed by atoms with E-state index in [0.717, 1.165) is 0 Å². The van der Waals surface area contributed by atoms with E-state index in [4.69, 9.17) is 10.2 Å². The second-order valence-electron chi connectivity index (χ2n) is 3.60. The van der Waals surface area contributed by atoms with Gasteiger partial charge in [-0.15, -0.1) is 0 Å². The molecule has 0 fully saturated rings. The van der Waals surface area contributed by atoms with Gasteiger partial charge in [-0.25, -0.2) is 14.4 Å². The number of carboxylic acid groups (broad SMARTS) is 1. The topological polar surface area (TPSA) is 131 Å². The smallest absolute Gasteiger partial charge is 0.328 e. The van der Waals surface area contributed by atoms with Gasteiger partial charge in [0.05, 0.1) is 6.61 Å². The van der Waals surface area contributed by atoms with E-state index in [0.29, 0.717) is 0 Å². The van der Waals surface area contributed by atoms with Gasteiger partial charge >= 0.3 is 18.0 Å². The first-order valence-electron chi connectivity index (χ1n) is 5.21. The first kappa shape index (κ1) is 16.0. The molecule has 0 aliphatic heterocycles. The Labute approximate surface area is 104 Å². The minimum Gasteiger partial charge on any atom is -0.480 e. The molecule has 0 radical (unpaired) electrons. The summed E-state index contributed by atoms with van der Waals surface area (Å²) >= 11 is 0. The third-order valence-electron chi connectivity index (χ3n) is 1.88. The van der Waals surface area contributed by atoms with Crippen molar-refractivity contribution in [3.8, 4) is 0 Å². The fourth-order valence-electron chi connectivity index (χ4n) is 0.898. The van der Waals surface area contributed by atoms with Gasteiger partial charge in [0.25, 0.3) is 0 Å². The summed E-state index contributed by atoms with van der Waals surface area (Å²) in [7, 11) is 3.16. The lowest BCUT2D eigenvalue weighted by Crippen LogP contribution is -2.49. The van der Waals surface area contributed by atoms with Gasteiger partial charge in [-0.05, 0) is 0 Å². The van der Waals surface area contributed by atoms with Crippen LogP contribution in [0, 0.1) is 0 Å². The average molecular weight is 262 g/mol. The molecular formula is C9H18N4O5. The Morgan fingerprint density at radius 2 is 1.72 bits per heavy atom. The number of nitrogens with zero attached hydrogens (tertiary/aromatic N) is 1. The number of aliphatic hydroxyl groups excluding tert-OH is 1. The summed E-state index contributed by atoms with van der Waals surface area (Å²) in [5, 5.41) is 24.1. The third-order valence-corrected chi connectivity index (χ3v) is 1.88. The Kier molecular flexibility index (Phi) is 7.20. The Hall–Kier alpha value is -2.03. The monoisotopic (exact) mass is 262 g/mol. The second-order valence-corrected chi connectivity index (χ2v) is 3.60. The van der Waals surface area contributed by atoms with Crippen LogP contribution in [-0.4, -0.2) is 73.0 Å². The number of carboxylic acids is 1. The first-order chi connectivity index (χ1) is 8.38. The predicted molar refractivity (Wildman–Crippen MR) is 62.1 cm³/mol. The molecule has 0 aliphatic carbocycles. The van der Waals surface area contributed by atoms with Gasteiger partial charge in [0.15, 0.2) is 6.04 Å². The summed E-state index contributed by atoms with van der Waals surface area (Å²) in [4.78, 5) is 34.1. The van der Waals surface area contributed by atoms with E-state index in [1.165, 1.54) is 4.90 Å². The molecule has 4 amide bonds. The number of aliphatic hydroxyl groups is 1. The number of hydrogen-bond acceptors (Lipinski definition) is 4. The first-order valence-corrected chi connectivity index (χ1v) is 5.21. The molecular weight excluding hydrogens is 244 g/mol. The van der Waals surface area contributed by atoms with Crippen LogP contribution in [0.2, 0.25) is 0 Å². The quantitative estimate of drug-likeness (QED) is 0.353. The Morgan fingerprint density at radius 1 is 1.17 bits per heavy atom. The average Bonchev–Trinajstić information content (AvgIpc) is 2.30. The molecule has 0 aromatic rings. The maximum atomic E-state index is 11.2. The molecule has 0 aliphatic rings. The summed E-state index contributed by atoms with van der Waals surface area (Å²) in [6.07, 6.45) is 0. The van der Waals surface area contributed by atoms with Crippen LogP contribution in [-0.2, 0) is 4.79 Å². The number of rotatable bonds is 6. The van der Waals surface area contributed by atoms with E-state index < -0.39 is 24.6 Å². The highest BCUT2D eigenvalue weighted by Crippen LogP contribution is 1.82. The molecule has 18 heavy (non-hydrogen) atoms. The molecule has 0 aromatic carbocycles. The normalized spacial score (nSPS) is 11.3. The number of carbonyl (C=O) groups excluding carboxylic acids is 2. The molecule has 0 rings (SSSR count). The third kappa shape index (κ3) is 6.53. The summed E-state index contributed by atoms with van der Waals surface area (Å²) in [6, 6.07) is -2.37. The van der Waals surface area contributed by atoms with Gasteiger partial charge in [-0.2, -0.15) is 0 Å². The second kappa shape index (κ2) is 8.12. The van der Waals surface area contributed by atoms with Gasteiger partial charge in [0.2, 0.25) is 0 Å². The minimum atomic E-state index is -1.35. The summed E-state index contributed by atoms with van der Waals surface area (Å²) in [6.45, 7) is -0.343. The van der Waals surface area contributed by atoms with Gasteiger partial charge in [-0.3, -0.25) is 0 Å². The Balaban J connectivity index is 3.78. The van der Waals surface area contributed by atoms with Crippen molar-refractivity contribution in [1.29, 1.82) is 0 Å². The zero-order chi connectivity index (χ0) is 14.1. The van der Waals surface area contributed by atoms with E-state index in [1.807, 2.05) is 0 Å². The van der Waals surface area contributed by atoms with Gasteiger partial charge < -0.3 is 31.1 Å². The molecule has 5 N–H and O–H groups in total. The minimum absolute atomic E-state index is 0.142. The van der Waals surface area contributed by atoms with Crippen molar-refractivity contribution in [2.24, 2.45) is 0 Å². The van der Waals surface area contributed by atoms with Crippen LogP contribution >= 0.6 is 0 Å². The number of urea groups is 2. The van der Waals surface area contributed by atoms with E-state index in [-0.39, 0.29) is 19.1 Å². The summed E-state index contributed by atoms with van der Waals surface area (Å²) < 4.78 is 0. The molecule has 0 aromatic heterocycles. The van der Waals surface area contributed by atoms with Crippen LogP contribution < -0.4 is 16.0 Å². The van der Waals surface area contributed by atoms with E-state index in [2.05, 4.69) is 16.0 Å². The molecule has 104 valence electrons. The van der Waals surface area contributed by atoms with Gasteiger partial charge in [-0.1, -0.05) is 0 Å².